The summed E-state index contributed by atoms with van der Waals surface area (Å²) in [6.07, 6.45) is 9.98. The number of guanidine groups is 1. The third-order valence-corrected chi connectivity index (χ3v) is 5.86. The summed E-state index contributed by atoms with van der Waals surface area (Å²) in [5, 5.41) is 3.47. The van der Waals surface area contributed by atoms with Crippen LogP contribution >= 0.6 is 24.0 Å². The molecule has 1 spiro atoms. The second-order valence-electron chi connectivity index (χ2n) is 7.64. The molecule has 5 nitrogen and oxygen atoms in total. The van der Waals surface area contributed by atoms with Gasteiger partial charge in [0, 0.05) is 25.7 Å². The van der Waals surface area contributed by atoms with Crippen LogP contribution in [0.3, 0.4) is 0 Å². The SMILES string of the molecule is CN=C(NCc1coc(-c2ccccc2)n1)N1CCC2(CCCCC2)C1.I. The maximum Gasteiger partial charge on any atom is 0.226 e. The molecule has 1 saturated carbocycles. The number of hydrogen-bond acceptors (Lipinski definition) is 3. The third kappa shape index (κ3) is 4.65. The first-order valence-electron chi connectivity index (χ1n) is 9.73. The molecule has 1 N–H and O–H groups in total. The molecule has 0 atom stereocenters. The molecule has 1 aromatic heterocycles. The predicted octanol–water partition coefficient (Wildman–Crippen LogP) is 4.69. The summed E-state index contributed by atoms with van der Waals surface area (Å²) in [5.41, 5.74) is 2.43. The lowest BCUT2D eigenvalue weighted by molar-refractivity contribution is 0.203. The van der Waals surface area contributed by atoms with E-state index in [9.17, 15) is 0 Å². The number of nitrogens with zero attached hydrogens (tertiary/aromatic N) is 3. The monoisotopic (exact) mass is 480 g/mol. The fraction of sp³-hybridized carbons (Fsp3) is 0.524. The molecular formula is C21H29IN4O. The molecule has 0 amide bonds. The minimum absolute atomic E-state index is 0. The molecular weight excluding hydrogens is 451 g/mol. The number of aromatic nitrogens is 1. The average Bonchev–Trinajstić information content (AvgIpc) is 3.32. The molecule has 1 aliphatic heterocycles. The lowest BCUT2D eigenvalue weighted by Crippen LogP contribution is -2.41. The molecule has 2 heterocycles. The highest BCUT2D eigenvalue weighted by atomic mass is 127. The van der Waals surface area contributed by atoms with E-state index >= 15 is 0 Å². The standard InChI is InChI=1S/C21H28N4O.HI/c1-22-20(25-13-12-21(16-25)10-6-3-7-11-21)23-14-18-15-26-19(24-18)17-8-4-2-5-9-17;/h2,4-5,8-9,15H,3,6-7,10-14,16H2,1H3,(H,22,23);1H. The molecule has 4 rings (SSSR count). The lowest BCUT2D eigenvalue weighted by Gasteiger charge is -2.33. The van der Waals surface area contributed by atoms with Gasteiger partial charge in [-0.2, -0.15) is 0 Å². The Morgan fingerprint density at radius 1 is 1.19 bits per heavy atom. The van der Waals surface area contributed by atoms with Crippen molar-refractivity contribution in [1.29, 1.82) is 0 Å². The molecule has 1 saturated heterocycles. The first kappa shape index (κ1) is 20.2. The number of hydrogen-bond donors (Lipinski definition) is 1. The first-order chi connectivity index (χ1) is 12.8. The largest absolute Gasteiger partial charge is 0.444 e. The van der Waals surface area contributed by atoms with E-state index in [4.69, 9.17) is 4.42 Å². The highest BCUT2D eigenvalue weighted by molar-refractivity contribution is 14.0. The zero-order valence-electron chi connectivity index (χ0n) is 16.0. The van der Waals surface area contributed by atoms with Gasteiger partial charge in [0.15, 0.2) is 5.96 Å². The van der Waals surface area contributed by atoms with E-state index in [1.54, 1.807) is 6.26 Å². The summed E-state index contributed by atoms with van der Waals surface area (Å²) in [6.45, 7) is 2.88. The molecule has 146 valence electrons. The van der Waals surface area contributed by atoms with E-state index in [-0.39, 0.29) is 24.0 Å². The lowest BCUT2D eigenvalue weighted by atomic mass is 9.73. The predicted molar refractivity (Wildman–Crippen MR) is 119 cm³/mol. The summed E-state index contributed by atoms with van der Waals surface area (Å²) in [5.74, 6) is 1.65. The Morgan fingerprint density at radius 3 is 2.70 bits per heavy atom. The van der Waals surface area contributed by atoms with E-state index in [1.165, 1.54) is 38.5 Å². The van der Waals surface area contributed by atoms with Gasteiger partial charge in [-0.25, -0.2) is 4.98 Å². The van der Waals surface area contributed by atoms with Crippen LogP contribution in [-0.4, -0.2) is 36.0 Å². The highest BCUT2D eigenvalue weighted by Gasteiger charge is 2.39. The molecule has 0 bridgehead atoms. The van der Waals surface area contributed by atoms with Gasteiger partial charge >= 0.3 is 0 Å². The number of likely N-dealkylation sites (tertiary alicyclic amines) is 1. The zero-order chi connectivity index (χ0) is 17.8. The van der Waals surface area contributed by atoms with E-state index in [0.717, 1.165) is 30.3 Å². The summed E-state index contributed by atoms with van der Waals surface area (Å²) >= 11 is 0. The summed E-state index contributed by atoms with van der Waals surface area (Å²) < 4.78 is 5.63. The fourth-order valence-electron chi connectivity index (χ4n) is 4.43. The Hall–Kier alpha value is -1.57. The van der Waals surface area contributed by atoms with Gasteiger partial charge in [-0.15, -0.1) is 24.0 Å². The molecule has 0 radical (unpaired) electrons. The Balaban J connectivity index is 0.00000210. The molecule has 1 aromatic carbocycles. The van der Waals surface area contributed by atoms with Crippen LogP contribution in [0.25, 0.3) is 11.5 Å². The van der Waals surface area contributed by atoms with Crippen molar-refractivity contribution < 1.29 is 4.42 Å². The van der Waals surface area contributed by atoms with Crippen LogP contribution in [0.4, 0.5) is 0 Å². The Morgan fingerprint density at radius 2 is 1.96 bits per heavy atom. The topological polar surface area (TPSA) is 53.7 Å². The number of oxazole rings is 1. The maximum absolute atomic E-state index is 5.63. The normalized spacial score (nSPS) is 19.1. The molecule has 1 aliphatic carbocycles. The van der Waals surface area contributed by atoms with Gasteiger partial charge in [0.2, 0.25) is 5.89 Å². The third-order valence-electron chi connectivity index (χ3n) is 5.86. The summed E-state index contributed by atoms with van der Waals surface area (Å²) in [4.78, 5) is 11.5. The van der Waals surface area contributed by atoms with Crippen LogP contribution in [0.15, 0.2) is 46.0 Å². The van der Waals surface area contributed by atoms with Crippen LogP contribution in [0, 0.1) is 5.41 Å². The highest BCUT2D eigenvalue weighted by Crippen LogP contribution is 2.43. The van der Waals surface area contributed by atoms with Crippen LogP contribution in [0.1, 0.15) is 44.2 Å². The van der Waals surface area contributed by atoms with Crippen molar-refractivity contribution >= 4 is 29.9 Å². The Labute approximate surface area is 178 Å². The number of benzene rings is 1. The van der Waals surface area contributed by atoms with Crippen LogP contribution < -0.4 is 5.32 Å². The van der Waals surface area contributed by atoms with Crippen molar-refractivity contribution in [1.82, 2.24) is 15.2 Å². The van der Waals surface area contributed by atoms with Crippen LogP contribution in [0.5, 0.6) is 0 Å². The quantitative estimate of drug-likeness (QED) is 0.394. The number of rotatable bonds is 3. The smallest absolute Gasteiger partial charge is 0.226 e. The second-order valence-corrected chi connectivity index (χ2v) is 7.64. The van der Waals surface area contributed by atoms with E-state index in [2.05, 4.69) is 20.2 Å². The average molecular weight is 480 g/mol. The van der Waals surface area contributed by atoms with Gasteiger partial charge in [-0.1, -0.05) is 37.5 Å². The molecule has 2 aromatic rings. The number of nitrogens with one attached hydrogen (secondary N) is 1. The minimum Gasteiger partial charge on any atom is -0.444 e. The van der Waals surface area contributed by atoms with Crippen LogP contribution in [0.2, 0.25) is 0 Å². The van der Waals surface area contributed by atoms with Crippen molar-refractivity contribution in [2.45, 2.75) is 45.1 Å². The van der Waals surface area contributed by atoms with Crippen LogP contribution in [-0.2, 0) is 6.54 Å². The number of halogens is 1. The molecule has 2 aliphatic rings. The Bertz CT molecular complexity index is 753. The van der Waals surface area contributed by atoms with Gasteiger partial charge in [0.05, 0.1) is 12.2 Å². The van der Waals surface area contributed by atoms with E-state index in [1.807, 2.05) is 37.4 Å². The second kappa shape index (κ2) is 9.08. The van der Waals surface area contributed by atoms with Gasteiger partial charge in [0.1, 0.15) is 6.26 Å². The first-order valence-corrected chi connectivity index (χ1v) is 9.73. The van der Waals surface area contributed by atoms with Crippen molar-refractivity contribution in [3.05, 3.63) is 42.3 Å². The summed E-state index contributed by atoms with van der Waals surface area (Å²) in [6, 6.07) is 10.0. The van der Waals surface area contributed by atoms with E-state index in [0.29, 0.717) is 17.9 Å². The van der Waals surface area contributed by atoms with Crippen molar-refractivity contribution in [2.24, 2.45) is 10.4 Å². The summed E-state index contributed by atoms with van der Waals surface area (Å²) in [7, 11) is 1.87. The van der Waals surface area contributed by atoms with Gasteiger partial charge in [-0.05, 0) is 36.8 Å². The van der Waals surface area contributed by atoms with Gasteiger partial charge in [-0.3, -0.25) is 4.99 Å². The molecule has 2 fully saturated rings. The fourth-order valence-corrected chi connectivity index (χ4v) is 4.43. The van der Waals surface area contributed by atoms with E-state index < -0.39 is 0 Å². The number of aliphatic imine (C=N–C) groups is 1. The maximum atomic E-state index is 5.63. The molecule has 27 heavy (non-hydrogen) atoms. The Kier molecular flexibility index (Phi) is 6.78. The van der Waals surface area contributed by atoms with Crippen molar-refractivity contribution in [3.63, 3.8) is 0 Å². The van der Waals surface area contributed by atoms with Gasteiger partial charge in [0.25, 0.3) is 0 Å². The van der Waals surface area contributed by atoms with Crippen molar-refractivity contribution in [3.8, 4) is 11.5 Å². The van der Waals surface area contributed by atoms with Gasteiger partial charge < -0.3 is 14.6 Å². The zero-order valence-corrected chi connectivity index (χ0v) is 18.3. The molecule has 6 heteroatoms. The minimum atomic E-state index is 0. The molecule has 0 unspecified atom stereocenters. The van der Waals surface area contributed by atoms with Crippen molar-refractivity contribution in [2.75, 3.05) is 20.1 Å².